The summed E-state index contributed by atoms with van der Waals surface area (Å²) < 4.78 is 15.7. The van der Waals surface area contributed by atoms with Crippen molar-refractivity contribution in [3.05, 3.63) is 84.4 Å². The van der Waals surface area contributed by atoms with Crippen LogP contribution in [0.5, 0.6) is 23.0 Å². The molecule has 0 radical (unpaired) electrons. The molecule has 0 aromatic heterocycles. The molecule has 2 N–H and O–H groups in total. The first-order valence-electron chi connectivity index (χ1n) is 9.38. The molecule has 1 amide bonds. The standard InChI is InChI=1S/C24H21NO6/c1-29-22-14-17(10-12-21(22)26)11-13-24(28)30-16-23(27)25-18-6-5-9-20(15-18)31-19-7-3-2-4-8-19/h2-15,26H,16H2,1H3,(H,25,27)/b13-11+. The lowest BCUT2D eigenvalue weighted by Gasteiger charge is -2.09. The Bertz CT molecular complexity index is 1080. The van der Waals surface area contributed by atoms with Crippen LogP contribution in [0.15, 0.2) is 78.9 Å². The summed E-state index contributed by atoms with van der Waals surface area (Å²) in [5.41, 5.74) is 1.15. The maximum atomic E-state index is 12.1. The molecule has 158 valence electrons. The monoisotopic (exact) mass is 419 g/mol. The van der Waals surface area contributed by atoms with Gasteiger partial charge in [0.25, 0.3) is 5.91 Å². The first-order chi connectivity index (χ1) is 15.0. The Balaban J connectivity index is 1.49. The highest BCUT2D eigenvalue weighted by Gasteiger charge is 2.07. The molecule has 0 aliphatic rings. The summed E-state index contributed by atoms with van der Waals surface area (Å²) in [5.74, 6) is 0.366. The smallest absolute Gasteiger partial charge is 0.331 e. The summed E-state index contributed by atoms with van der Waals surface area (Å²) in [4.78, 5) is 23.9. The summed E-state index contributed by atoms with van der Waals surface area (Å²) >= 11 is 0. The van der Waals surface area contributed by atoms with Gasteiger partial charge < -0.3 is 24.6 Å². The Kier molecular flexibility index (Phi) is 7.26. The summed E-state index contributed by atoms with van der Waals surface area (Å²) in [6.07, 6.45) is 2.68. The van der Waals surface area contributed by atoms with Crippen molar-refractivity contribution < 1.29 is 28.9 Å². The molecule has 0 fully saturated rings. The maximum Gasteiger partial charge on any atom is 0.331 e. The number of methoxy groups -OCH3 is 1. The number of ether oxygens (including phenoxy) is 3. The maximum absolute atomic E-state index is 12.1. The number of hydrogen-bond acceptors (Lipinski definition) is 6. The molecule has 3 aromatic carbocycles. The fourth-order valence-electron chi connectivity index (χ4n) is 2.61. The van der Waals surface area contributed by atoms with Crippen LogP contribution in [0.25, 0.3) is 6.08 Å². The van der Waals surface area contributed by atoms with E-state index in [-0.39, 0.29) is 11.5 Å². The SMILES string of the molecule is COc1cc(/C=C/C(=O)OCC(=O)Nc2cccc(Oc3ccccc3)c2)ccc1O. The average molecular weight is 419 g/mol. The third-order valence-electron chi connectivity index (χ3n) is 4.06. The lowest BCUT2D eigenvalue weighted by Crippen LogP contribution is -2.20. The van der Waals surface area contributed by atoms with Gasteiger partial charge in [0.15, 0.2) is 18.1 Å². The highest BCUT2D eigenvalue weighted by atomic mass is 16.5. The van der Waals surface area contributed by atoms with E-state index in [1.165, 1.54) is 25.3 Å². The number of phenols is 1. The largest absolute Gasteiger partial charge is 0.504 e. The molecule has 0 saturated carbocycles. The number of carbonyl (C=O) groups excluding carboxylic acids is 2. The highest BCUT2D eigenvalue weighted by Crippen LogP contribution is 2.27. The van der Waals surface area contributed by atoms with Gasteiger partial charge in [-0.15, -0.1) is 0 Å². The summed E-state index contributed by atoms with van der Waals surface area (Å²) in [5, 5.41) is 12.2. The van der Waals surface area contributed by atoms with Gasteiger partial charge in [0, 0.05) is 17.8 Å². The number of nitrogens with one attached hydrogen (secondary N) is 1. The van der Waals surface area contributed by atoms with Gasteiger partial charge in [-0.2, -0.15) is 0 Å². The van der Waals surface area contributed by atoms with E-state index in [9.17, 15) is 14.7 Å². The molecule has 7 heteroatoms. The molecule has 3 rings (SSSR count). The second kappa shape index (κ2) is 10.5. The minimum absolute atomic E-state index is 0.00265. The number of hydrogen-bond donors (Lipinski definition) is 2. The molecule has 0 saturated heterocycles. The minimum atomic E-state index is -0.677. The quantitative estimate of drug-likeness (QED) is 0.416. The van der Waals surface area contributed by atoms with Crippen LogP contribution in [-0.2, 0) is 14.3 Å². The second-order valence-corrected chi connectivity index (χ2v) is 6.36. The number of phenolic OH excluding ortho intramolecular Hbond substituents is 1. The van der Waals surface area contributed by atoms with E-state index in [0.29, 0.717) is 22.7 Å². The minimum Gasteiger partial charge on any atom is -0.504 e. The lowest BCUT2D eigenvalue weighted by molar-refractivity contribution is -0.142. The molecule has 3 aromatic rings. The van der Waals surface area contributed by atoms with Crippen LogP contribution in [0.1, 0.15) is 5.56 Å². The Morgan fingerprint density at radius 2 is 1.74 bits per heavy atom. The number of esters is 1. The summed E-state index contributed by atoms with van der Waals surface area (Å²) in [7, 11) is 1.43. The molecular weight excluding hydrogens is 398 g/mol. The van der Waals surface area contributed by atoms with Gasteiger partial charge in [0.2, 0.25) is 0 Å². The van der Waals surface area contributed by atoms with E-state index < -0.39 is 18.5 Å². The fourth-order valence-corrected chi connectivity index (χ4v) is 2.61. The predicted molar refractivity (Wildman–Crippen MR) is 116 cm³/mol. The number of amides is 1. The van der Waals surface area contributed by atoms with Crippen molar-refractivity contribution in [2.45, 2.75) is 0 Å². The van der Waals surface area contributed by atoms with Gasteiger partial charge in [-0.05, 0) is 48.0 Å². The van der Waals surface area contributed by atoms with E-state index in [0.717, 1.165) is 0 Å². The summed E-state index contributed by atoms with van der Waals surface area (Å²) in [6.45, 7) is -0.439. The molecule has 0 aliphatic heterocycles. The van der Waals surface area contributed by atoms with Gasteiger partial charge >= 0.3 is 5.97 Å². The average Bonchev–Trinajstić information content (AvgIpc) is 2.78. The van der Waals surface area contributed by atoms with Crippen molar-refractivity contribution in [3.63, 3.8) is 0 Å². The van der Waals surface area contributed by atoms with Crippen LogP contribution in [0, 0.1) is 0 Å². The van der Waals surface area contributed by atoms with Gasteiger partial charge in [0.1, 0.15) is 11.5 Å². The van der Waals surface area contributed by atoms with Crippen LogP contribution in [0.2, 0.25) is 0 Å². The van der Waals surface area contributed by atoms with Crippen molar-refractivity contribution in [1.29, 1.82) is 0 Å². The highest BCUT2D eigenvalue weighted by molar-refractivity contribution is 5.94. The fraction of sp³-hybridized carbons (Fsp3) is 0.0833. The third-order valence-corrected chi connectivity index (χ3v) is 4.06. The number of benzene rings is 3. The molecule has 0 unspecified atom stereocenters. The number of anilines is 1. The number of carbonyl (C=O) groups is 2. The van der Waals surface area contributed by atoms with E-state index in [1.54, 1.807) is 36.4 Å². The Morgan fingerprint density at radius 1 is 0.968 bits per heavy atom. The van der Waals surface area contributed by atoms with Crippen molar-refractivity contribution >= 4 is 23.6 Å². The zero-order valence-corrected chi connectivity index (χ0v) is 16.8. The topological polar surface area (TPSA) is 94.1 Å². The van der Waals surface area contributed by atoms with Gasteiger partial charge in [0.05, 0.1) is 7.11 Å². The number of aromatic hydroxyl groups is 1. The number of rotatable bonds is 8. The van der Waals surface area contributed by atoms with E-state index in [2.05, 4.69) is 5.32 Å². The molecule has 0 aliphatic carbocycles. The molecule has 7 nitrogen and oxygen atoms in total. The summed E-state index contributed by atoms with van der Waals surface area (Å²) in [6, 6.07) is 20.8. The zero-order valence-electron chi connectivity index (χ0n) is 16.8. The molecule has 31 heavy (non-hydrogen) atoms. The van der Waals surface area contributed by atoms with Crippen LogP contribution >= 0.6 is 0 Å². The molecule has 0 heterocycles. The second-order valence-electron chi connectivity index (χ2n) is 6.36. The predicted octanol–water partition coefficient (Wildman–Crippen LogP) is 4.39. The lowest BCUT2D eigenvalue weighted by atomic mass is 10.2. The van der Waals surface area contributed by atoms with E-state index in [1.807, 2.05) is 30.3 Å². The Morgan fingerprint density at radius 3 is 2.52 bits per heavy atom. The van der Waals surface area contributed by atoms with Crippen molar-refractivity contribution in [1.82, 2.24) is 0 Å². The van der Waals surface area contributed by atoms with Gasteiger partial charge in [-0.3, -0.25) is 4.79 Å². The molecule has 0 atom stereocenters. The molecule has 0 spiro atoms. The van der Waals surface area contributed by atoms with Gasteiger partial charge in [-0.25, -0.2) is 4.79 Å². The number of para-hydroxylation sites is 1. The van der Waals surface area contributed by atoms with Crippen LogP contribution in [0.3, 0.4) is 0 Å². The van der Waals surface area contributed by atoms with Crippen LogP contribution < -0.4 is 14.8 Å². The normalized spacial score (nSPS) is 10.5. The van der Waals surface area contributed by atoms with Crippen molar-refractivity contribution in [2.24, 2.45) is 0 Å². The van der Waals surface area contributed by atoms with Crippen molar-refractivity contribution in [3.8, 4) is 23.0 Å². The zero-order chi connectivity index (χ0) is 22.1. The van der Waals surface area contributed by atoms with Crippen molar-refractivity contribution in [2.75, 3.05) is 19.0 Å². The van der Waals surface area contributed by atoms with Crippen LogP contribution in [0.4, 0.5) is 5.69 Å². The van der Waals surface area contributed by atoms with Gasteiger partial charge in [-0.1, -0.05) is 30.3 Å². The van der Waals surface area contributed by atoms with Crippen LogP contribution in [-0.4, -0.2) is 30.7 Å². The van der Waals surface area contributed by atoms with E-state index in [4.69, 9.17) is 14.2 Å². The molecule has 0 bridgehead atoms. The Hall–Kier alpha value is -4.26. The third kappa shape index (κ3) is 6.64. The molecular formula is C24H21NO6. The Labute approximate surface area is 179 Å². The van der Waals surface area contributed by atoms with E-state index >= 15 is 0 Å². The first-order valence-corrected chi connectivity index (χ1v) is 9.38. The first kappa shape index (κ1) is 21.4.